The van der Waals surface area contributed by atoms with Crippen molar-refractivity contribution in [2.45, 2.75) is 25.5 Å². The number of fused-ring (bicyclic) bond motifs is 1. The molecule has 0 saturated carbocycles. The van der Waals surface area contributed by atoms with Gasteiger partial charge in [0.05, 0.1) is 25.2 Å². The second-order valence-electron chi connectivity index (χ2n) is 6.29. The summed E-state index contributed by atoms with van der Waals surface area (Å²) < 4.78 is 5.91. The monoisotopic (exact) mass is 307 g/mol. The molecule has 0 bridgehead atoms. The van der Waals surface area contributed by atoms with Crippen LogP contribution >= 0.6 is 11.3 Å². The Balaban J connectivity index is 1.40. The minimum atomic E-state index is 0.0781. The summed E-state index contributed by atoms with van der Waals surface area (Å²) in [5.41, 5.74) is 0. The number of carbonyl (C=O) groups excluding carboxylic acids is 1. The molecule has 3 aliphatic rings. The fourth-order valence-electron chi connectivity index (χ4n) is 3.87. The number of likely N-dealkylation sites (tertiary alicyclic amines) is 2. The molecule has 1 aromatic heterocycles. The normalized spacial score (nSPS) is 32.8. The number of hydrogen-bond donors (Lipinski definition) is 0. The van der Waals surface area contributed by atoms with Crippen molar-refractivity contribution in [3.8, 4) is 0 Å². The van der Waals surface area contributed by atoms with Crippen molar-refractivity contribution < 1.29 is 9.53 Å². The first kappa shape index (κ1) is 13.7. The molecule has 21 heavy (non-hydrogen) atoms. The molecule has 0 spiro atoms. The average Bonchev–Trinajstić information content (AvgIpc) is 3.24. The number of ether oxygens (including phenoxy) is 1. The van der Waals surface area contributed by atoms with Crippen LogP contribution in [0.15, 0.2) is 11.6 Å². The third-order valence-electron chi connectivity index (χ3n) is 4.97. The molecular weight excluding hydrogens is 286 g/mol. The van der Waals surface area contributed by atoms with Gasteiger partial charge in [0.1, 0.15) is 5.01 Å². The highest BCUT2D eigenvalue weighted by molar-refractivity contribution is 7.09. The molecule has 6 heteroatoms. The maximum absolute atomic E-state index is 12.6. The Labute approximate surface area is 128 Å². The van der Waals surface area contributed by atoms with Gasteiger partial charge in [-0.05, 0) is 12.8 Å². The number of aromatic nitrogens is 1. The van der Waals surface area contributed by atoms with Gasteiger partial charge in [-0.3, -0.25) is 9.69 Å². The second-order valence-corrected chi connectivity index (χ2v) is 7.27. The van der Waals surface area contributed by atoms with Gasteiger partial charge >= 0.3 is 0 Å². The molecule has 0 unspecified atom stereocenters. The van der Waals surface area contributed by atoms with Gasteiger partial charge in [-0.2, -0.15) is 0 Å². The second kappa shape index (κ2) is 5.66. The Morgan fingerprint density at radius 3 is 3.00 bits per heavy atom. The first-order chi connectivity index (χ1) is 10.3. The van der Waals surface area contributed by atoms with Gasteiger partial charge in [-0.15, -0.1) is 11.3 Å². The van der Waals surface area contributed by atoms with E-state index in [1.54, 1.807) is 11.3 Å². The molecule has 3 fully saturated rings. The van der Waals surface area contributed by atoms with Crippen molar-refractivity contribution in [2.75, 3.05) is 32.8 Å². The largest absolute Gasteiger partial charge is 0.376 e. The van der Waals surface area contributed by atoms with Gasteiger partial charge in [-0.25, -0.2) is 4.98 Å². The van der Waals surface area contributed by atoms with Crippen molar-refractivity contribution in [3.63, 3.8) is 0 Å². The van der Waals surface area contributed by atoms with E-state index in [1.807, 2.05) is 16.5 Å². The van der Waals surface area contributed by atoms with Crippen LogP contribution in [0, 0.1) is 11.8 Å². The summed E-state index contributed by atoms with van der Waals surface area (Å²) in [5, 5.41) is 3.17. The standard InChI is InChI=1S/C15H21N3O2S/c19-15(18-4-1-2-5-18)12-10-20-13-8-17(7-11(12)13)9-14-16-3-6-21-14/h3,6,11-13H,1-2,4-5,7-10H2/t11-,12+,13-/m0/s1. The highest BCUT2D eigenvalue weighted by atomic mass is 32.1. The predicted octanol–water partition coefficient (Wildman–Crippen LogP) is 1.21. The molecule has 4 rings (SSSR count). The van der Waals surface area contributed by atoms with Crippen molar-refractivity contribution >= 4 is 17.2 Å². The van der Waals surface area contributed by atoms with Crippen LogP contribution in [0.25, 0.3) is 0 Å². The molecule has 0 N–H and O–H groups in total. The van der Waals surface area contributed by atoms with Crippen LogP contribution in [-0.2, 0) is 16.1 Å². The quantitative estimate of drug-likeness (QED) is 0.842. The number of rotatable bonds is 3. The molecule has 5 nitrogen and oxygen atoms in total. The molecule has 114 valence electrons. The van der Waals surface area contributed by atoms with Gasteiger partial charge in [0.2, 0.25) is 5.91 Å². The summed E-state index contributed by atoms with van der Waals surface area (Å²) in [4.78, 5) is 21.4. The first-order valence-electron chi connectivity index (χ1n) is 7.82. The number of hydrogen-bond acceptors (Lipinski definition) is 5. The highest BCUT2D eigenvalue weighted by Crippen LogP contribution is 2.36. The predicted molar refractivity (Wildman–Crippen MR) is 79.9 cm³/mol. The van der Waals surface area contributed by atoms with Crippen LogP contribution in [0.4, 0.5) is 0 Å². The molecular formula is C15H21N3O2S. The minimum absolute atomic E-state index is 0.0781. The average molecular weight is 307 g/mol. The van der Waals surface area contributed by atoms with E-state index in [2.05, 4.69) is 9.88 Å². The van der Waals surface area contributed by atoms with Crippen LogP contribution in [0.2, 0.25) is 0 Å². The van der Waals surface area contributed by atoms with E-state index in [9.17, 15) is 4.79 Å². The number of thiazole rings is 1. The lowest BCUT2D eigenvalue weighted by Crippen LogP contribution is -2.38. The fraction of sp³-hybridized carbons (Fsp3) is 0.733. The van der Waals surface area contributed by atoms with Crippen LogP contribution in [0.3, 0.4) is 0 Å². The molecule has 1 amide bonds. The lowest BCUT2D eigenvalue weighted by atomic mass is 9.92. The SMILES string of the molecule is O=C([C@@H]1CO[C@H]2CN(Cc3nccs3)C[C@H]21)N1CCCC1. The number of amides is 1. The third kappa shape index (κ3) is 2.60. The molecule has 4 heterocycles. The lowest BCUT2D eigenvalue weighted by molar-refractivity contribution is -0.135. The number of nitrogens with zero attached hydrogens (tertiary/aromatic N) is 3. The molecule has 0 aromatic carbocycles. The summed E-state index contributed by atoms with van der Waals surface area (Å²) in [6.07, 6.45) is 4.40. The Morgan fingerprint density at radius 1 is 1.38 bits per heavy atom. The van der Waals surface area contributed by atoms with Crippen LogP contribution < -0.4 is 0 Å². The van der Waals surface area contributed by atoms with Gasteiger partial charge in [0.15, 0.2) is 0 Å². The maximum atomic E-state index is 12.6. The molecule has 1 aromatic rings. The van der Waals surface area contributed by atoms with E-state index in [1.165, 1.54) is 0 Å². The zero-order valence-electron chi connectivity index (χ0n) is 12.1. The summed E-state index contributed by atoms with van der Waals surface area (Å²) in [5.74, 6) is 0.781. The summed E-state index contributed by atoms with van der Waals surface area (Å²) in [6, 6.07) is 0. The fourth-order valence-corrected chi connectivity index (χ4v) is 4.53. The molecule has 0 aliphatic carbocycles. The topological polar surface area (TPSA) is 45.7 Å². The smallest absolute Gasteiger partial charge is 0.228 e. The van der Waals surface area contributed by atoms with Crippen molar-refractivity contribution in [3.05, 3.63) is 16.6 Å². The zero-order chi connectivity index (χ0) is 14.2. The van der Waals surface area contributed by atoms with E-state index < -0.39 is 0 Å². The van der Waals surface area contributed by atoms with Gasteiger partial charge in [0, 0.05) is 43.7 Å². The Morgan fingerprint density at radius 2 is 2.24 bits per heavy atom. The van der Waals surface area contributed by atoms with Crippen LogP contribution in [0.5, 0.6) is 0 Å². The summed E-state index contributed by atoms with van der Waals surface area (Å²) in [7, 11) is 0. The van der Waals surface area contributed by atoms with Crippen molar-refractivity contribution in [2.24, 2.45) is 11.8 Å². The van der Waals surface area contributed by atoms with E-state index in [0.717, 1.165) is 50.6 Å². The highest BCUT2D eigenvalue weighted by Gasteiger charge is 2.48. The Bertz CT molecular complexity index is 501. The van der Waals surface area contributed by atoms with E-state index in [-0.39, 0.29) is 12.0 Å². The van der Waals surface area contributed by atoms with Gasteiger partial charge in [0.25, 0.3) is 0 Å². The molecule has 3 atom stereocenters. The van der Waals surface area contributed by atoms with E-state index >= 15 is 0 Å². The number of carbonyl (C=O) groups is 1. The lowest BCUT2D eigenvalue weighted by Gasteiger charge is -2.23. The minimum Gasteiger partial charge on any atom is -0.376 e. The van der Waals surface area contributed by atoms with Gasteiger partial charge in [-0.1, -0.05) is 0 Å². The molecule has 0 radical (unpaired) electrons. The molecule has 3 saturated heterocycles. The van der Waals surface area contributed by atoms with Gasteiger partial charge < -0.3 is 9.64 Å². The van der Waals surface area contributed by atoms with Crippen molar-refractivity contribution in [1.82, 2.24) is 14.8 Å². The molecule has 3 aliphatic heterocycles. The van der Waals surface area contributed by atoms with E-state index in [0.29, 0.717) is 18.4 Å². The third-order valence-corrected chi connectivity index (χ3v) is 5.73. The van der Waals surface area contributed by atoms with Crippen molar-refractivity contribution in [1.29, 1.82) is 0 Å². The summed E-state index contributed by atoms with van der Waals surface area (Å²) in [6.45, 7) is 5.29. The Kier molecular flexibility index (Phi) is 3.69. The maximum Gasteiger partial charge on any atom is 0.228 e. The zero-order valence-corrected chi connectivity index (χ0v) is 12.9. The van der Waals surface area contributed by atoms with Crippen LogP contribution in [-0.4, -0.2) is 59.6 Å². The Hall–Kier alpha value is -0.980. The van der Waals surface area contributed by atoms with E-state index in [4.69, 9.17) is 4.74 Å². The van der Waals surface area contributed by atoms with Crippen LogP contribution in [0.1, 0.15) is 17.8 Å². The first-order valence-corrected chi connectivity index (χ1v) is 8.70. The summed E-state index contributed by atoms with van der Waals surface area (Å²) >= 11 is 1.70.